The normalized spacial score (nSPS) is 12.5. The summed E-state index contributed by atoms with van der Waals surface area (Å²) in [6, 6.07) is 12.4. The second-order valence-corrected chi connectivity index (χ2v) is 6.43. The van der Waals surface area contributed by atoms with Crippen molar-refractivity contribution in [2.24, 2.45) is 0 Å². The van der Waals surface area contributed by atoms with E-state index in [4.69, 9.17) is 32.7 Å². The van der Waals surface area contributed by atoms with E-state index in [2.05, 4.69) is 5.32 Å². The molecule has 2 aromatic rings. The Morgan fingerprint density at radius 1 is 1.15 bits per heavy atom. The molecule has 0 atom stereocenters. The lowest BCUT2D eigenvalue weighted by Crippen LogP contribution is -2.29. The van der Waals surface area contributed by atoms with Crippen LogP contribution in [-0.2, 0) is 20.9 Å². The second kappa shape index (κ2) is 8.25. The molecule has 0 bridgehead atoms. The molecule has 1 amide bonds. The third kappa shape index (κ3) is 4.56. The van der Waals surface area contributed by atoms with Crippen LogP contribution in [0.15, 0.2) is 48.0 Å². The van der Waals surface area contributed by atoms with E-state index in [9.17, 15) is 9.59 Å². The SMILES string of the molecule is O=C(COC(=O)C1=Cc2ccccc2OC1)NCc1ccc(Cl)cc1Cl. The standard InChI is InChI=1S/C19H15Cl2NO4/c20-15-6-5-13(16(21)8-15)9-22-18(23)11-26-19(24)14-7-12-3-1-2-4-17(12)25-10-14/h1-8H,9-11H2,(H,22,23). The Kier molecular flexibility index (Phi) is 5.81. The van der Waals surface area contributed by atoms with Gasteiger partial charge in [0.25, 0.3) is 5.91 Å². The van der Waals surface area contributed by atoms with E-state index in [-0.39, 0.29) is 19.8 Å². The Balaban J connectivity index is 1.50. The summed E-state index contributed by atoms with van der Waals surface area (Å²) < 4.78 is 10.5. The number of esters is 1. The zero-order valence-electron chi connectivity index (χ0n) is 13.6. The van der Waals surface area contributed by atoms with Gasteiger partial charge in [-0.2, -0.15) is 0 Å². The first-order valence-corrected chi connectivity index (χ1v) is 8.58. The van der Waals surface area contributed by atoms with Gasteiger partial charge < -0.3 is 14.8 Å². The van der Waals surface area contributed by atoms with Crippen molar-refractivity contribution in [3.63, 3.8) is 0 Å². The minimum Gasteiger partial charge on any atom is -0.488 e. The van der Waals surface area contributed by atoms with Gasteiger partial charge in [0.15, 0.2) is 6.61 Å². The van der Waals surface area contributed by atoms with Crippen LogP contribution in [0.25, 0.3) is 6.08 Å². The molecule has 2 aromatic carbocycles. The highest BCUT2D eigenvalue weighted by molar-refractivity contribution is 6.35. The topological polar surface area (TPSA) is 64.6 Å². The number of hydrogen-bond donors (Lipinski definition) is 1. The minimum atomic E-state index is -0.584. The molecule has 0 saturated carbocycles. The van der Waals surface area contributed by atoms with Gasteiger partial charge in [-0.05, 0) is 29.8 Å². The quantitative estimate of drug-likeness (QED) is 0.790. The van der Waals surface area contributed by atoms with Crippen molar-refractivity contribution >= 4 is 41.2 Å². The van der Waals surface area contributed by atoms with Crippen LogP contribution in [-0.4, -0.2) is 25.1 Å². The van der Waals surface area contributed by atoms with Gasteiger partial charge in [0.05, 0.1) is 5.57 Å². The molecule has 5 nitrogen and oxygen atoms in total. The highest BCUT2D eigenvalue weighted by Gasteiger charge is 2.19. The van der Waals surface area contributed by atoms with Gasteiger partial charge in [0.2, 0.25) is 0 Å². The number of carbonyl (C=O) groups excluding carboxylic acids is 2. The molecule has 1 N–H and O–H groups in total. The molecule has 1 aliphatic rings. The maximum atomic E-state index is 12.1. The minimum absolute atomic E-state index is 0.109. The molecule has 0 unspecified atom stereocenters. The fourth-order valence-corrected chi connectivity index (χ4v) is 2.84. The van der Waals surface area contributed by atoms with Crippen LogP contribution in [0.2, 0.25) is 10.0 Å². The van der Waals surface area contributed by atoms with Crippen molar-refractivity contribution in [2.75, 3.05) is 13.2 Å². The summed E-state index contributed by atoms with van der Waals surface area (Å²) in [5.74, 6) is -0.303. The Morgan fingerprint density at radius 2 is 1.96 bits per heavy atom. The predicted molar refractivity (Wildman–Crippen MR) is 99.2 cm³/mol. The van der Waals surface area contributed by atoms with Crippen molar-refractivity contribution in [1.29, 1.82) is 0 Å². The van der Waals surface area contributed by atoms with E-state index in [1.807, 2.05) is 24.3 Å². The van der Waals surface area contributed by atoms with Crippen LogP contribution in [0.4, 0.5) is 0 Å². The average Bonchev–Trinajstić information content (AvgIpc) is 2.65. The van der Waals surface area contributed by atoms with Crippen molar-refractivity contribution in [2.45, 2.75) is 6.54 Å². The number of carbonyl (C=O) groups is 2. The van der Waals surface area contributed by atoms with E-state index in [0.29, 0.717) is 21.4 Å². The lowest BCUT2D eigenvalue weighted by atomic mass is 10.1. The molecule has 26 heavy (non-hydrogen) atoms. The third-order valence-corrected chi connectivity index (χ3v) is 4.31. The number of hydrogen-bond acceptors (Lipinski definition) is 4. The highest BCUT2D eigenvalue weighted by atomic mass is 35.5. The van der Waals surface area contributed by atoms with Crippen LogP contribution >= 0.6 is 23.2 Å². The molecule has 1 heterocycles. The molecule has 0 aromatic heterocycles. The van der Waals surface area contributed by atoms with Crippen molar-refractivity contribution in [1.82, 2.24) is 5.32 Å². The maximum absolute atomic E-state index is 12.1. The Morgan fingerprint density at radius 3 is 2.77 bits per heavy atom. The molecule has 1 aliphatic heterocycles. The fraction of sp³-hybridized carbons (Fsp3) is 0.158. The number of halogens is 2. The molecule has 0 fully saturated rings. The predicted octanol–water partition coefficient (Wildman–Crippen LogP) is 3.63. The van der Waals surface area contributed by atoms with Crippen LogP contribution in [0, 0.1) is 0 Å². The van der Waals surface area contributed by atoms with Crippen molar-refractivity contribution in [3.05, 3.63) is 69.2 Å². The zero-order valence-corrected chi connectivity index (χ0v) is 15.1. The van der Waals surface area contributed by atoms with Gasteiger partial charge in [-0.15, -0.1) is 0 Å². The van der Waals surface area contributed by atoms with E-state index in [1.54, 1.807) is 24.3 Å². The first kappa shape index (κ1) is 18.3. The molecule has 134 valence electrons. The lowest BCUT2D eigenvalue weighted by molar-refractivity contribution is -0.145. The van der Waals surface area contributed by atoms with E-state index >= 15 is 0 Å². The summed E-state index contributed by atoms with van der Waals surface area (Å²) in [4.78, 5) is 24.0. The summed E-state index contributed by atoms with van der Waals surface area (Å²) in [6.45, 7) is -0.0630. The van der Waals surface area contributed by atoms with Gasteiger partial charge in [0.1, 0.15) is 12.4 Å². The fourth-order valence-electron chi connectivity index (χ4n) is 2.37. The molecule has 0 saturated heterocycles. The molecular weight excluding hydrogens is 377 g/mol. The van der Waals surface area contributed by atoms with Gasteiger partial charge in [-0.25, -0.2) is 4.79 Å². The summed E-state index contributed by atoms with van der Waals surface area (Å²) >= 11 is 11.9. The monoisotopic (exact) mass is 391 g/mol. The number of ether oxygens (including phenoxy) is 2. The largest absolute Gasteiger partial charge is 0.488 e. The average molecular weight is 392 g/mol. The number of nitrogens with one attached hydrogen (secondary N) is 1. The van der Waals surface area contributed by atoms with Gasteiger partial charge in [-0.1, -0.05) is 47.5 Å². The van der Waals surface area contributed by atoms with Crippen LogP contribution < -0.4 is 10.1 Å². The maximum Gasteiger partial charge on any atom is 0.338 e. The number of para-hydroxylation sites is 1. The third-order valence-electron chi connectivity index (χ3n) is 3.72. The number of rotatable bonds is 5. The first-order chi connectivity index (χ1) is 12.5. The summed E-state index contributed by atoms with van der Waals surface area (Å²) in [5.41, 5.74) is 1.88. The van der Waals surface area contributed by atoms with E-state index in [0.717, 1.165) is 11.1 Å². The molecule has 3 rings (SSSR count). The summed E-state index contributed by atoms with van der Waals surface area (Å²) in [7, 11) is 0. The molecule has 0 spiro atoms. The number of fused-ring (bicyclic) bond motifs is 1. The van der Waals surface area contributed by atoms with Crippen LogP contribution in [0.5, 0.6) is 5.75 Å². The molecular formula is C19H15Cl2NO4. The van der Waals surface area contributed by atoms with Gasteiger partial charge in [0, 0.05) is 22.2 Å². The summed E-state index contributed by atoms with van der Waals surface area (Å²) in [5, 5.41) is 3.61. The van der Waals surface area contributed by atoms with Crippen LogP contribution in [0.3, 0.4) is 0 Å². The first-order valence-electron chi connectivity index (χ1n) is 7.83. The summed E-state index contributed by atoms with van der Waals surface area (Å²) in [6.07, 6.45) is 1.70. The smallest absolute Gasteiger partial charge is 0.338 e. The van der Waals surface area contributed by atoms with E-state index < -0.39 is 11.9 Å². The Bertz CT molecular complexity index is 880. The number of amides is 1. The highest BCUT2D eigenvalue weighted by Crippen LogP contribution is 2.26. The molecule has 0 radical (unpaired) electrons. The second-order valence-electron chi connectivity index (χ2n) is 5.58. The lowest BCUT2D eigenvalue weighted by Gasteiger charge is -2.16. The van der Waals surface area contributed by atoms with Gasteiger partial charge in [-0.3, -0.25) is 4.79 Å². The molecule has 0 aliphatic carbocycles. The molecule has 7 heteroatoms. The Labute approximate surface area is 160 Å². The van der Waals surface area contributed by atoms with E-state index in [1.165, 1.54) is 0 Å². The van der Waals surface area contributed by atoms with Gasteiger partial charge >= 0.3 is 5.97 Å². The Hall–Kier alpha value is -2.50. The number of benzene rings is 2. The van der Waals surface area contributed by atoms with Crippen molar-refractivity contribution in [3.8, 4) is 5.75 Å². The van der Waals surface area contributed by atoms with Crippen LogP contribution in [0.1, 0.15) is 11.1 Å². The zero-order chi connectivity index (χ0) is 18.5. The van der Waals surface area contributed by atoms with Crippen molar-refractivity contribution < 1.29 is 19.1 Å².